The normalized spacial score (nSPS) is 14.6. The van der Waals surface area contributed by atoms with Gasteiger partial charge in [-0.1, -0.05) is 66.7 Å². The standard InChI is InChI=1S/C25H27NO2/c1-3-7-20(8-4-1)18-27-23-11-12-24(22-13-15-26-16-14-22)25(17-23)28-19-21-9-5-2-6-10-21/h1-12,17,22,26H,13-16,18-19H2. The van der Waals surface area contributed by atoms with Gasteiger partial charge in [-0.25, -0.2) is 0 Å². The van der Waals surface area contributed by atoms with E-state index in [1.54, 1.807) is 0 Å². The number of hydrogen-bond acceptors (Lipinski definition) is 3. The molecule has 0 spiro atoms. The van der Waals surface area contributed by atoms with Gasteiger partial charge >= 0.3 is 0 Å². The van der Waals surface area contributed by atoms with Crippen LogP contribution in [0.4, 0.5) is 0 Å². The molecule has 3 aromatic rings. The lowest BCUT2D eigenvalue weighted by Gasteiger charge is -2.25. The molecular weight excluding hydrogens is 346 g/mol. The Kier molecular flexibility index (Phi) is 6.25. The largest absolute Gasteiger partial charge is 0.489 e. The molecule has 0 aliphatic carbocycles. The molecule has 4 rings (SSSR count). The van der Waals surface area contributed by atoms with Gasteiger partial charge in [0.05, 0.1) is 0 Å². The van der Waals surface area contributed by atoms with Crippen LogP contribution in [-0.4, -0.2) is 13.1 Å². The second kappa shape index (κ2) is 9.43. The first kappa shape index (κ1) is 18.6. The lowest BCUT2D eigenvalue weighted by molar-refractivity contribution is 0.284. The van der Waals surface area contributed by atoms with Crippen LogP contribution in [0.5, 0.6) is 11.5 Å². The monoisotopic (exact) mass is 373 g/mol. The summed E-state index contributed by atoms with van der Waals surface area (Å²) in [5.41, 5.74) is 3.63. The summed E-state index contributed by atoms with van der Waals surface area (Å²) in [7, 11) is 0. The van der Waals surface area contributed by atoms with Crippen molar-refractivity contribution < 1.29 is 9.47 Å². The molecule has 3 heteroatoms. The first-order valence-corrected chi connectivity index (χ1v) is 10.1. The van der Waals surface area contributed by atoms with Crippen molar-refractivity contribution in [2.45, 2.75) is 32.0 Å². The zero-order valence-corrected chi connectivity index (χ0v) is 16.1. The molecule has 0 radical (unpaired) electrons. The smallest absolute Gasteiger partial charge is 0.126 e. The van der Waals surface area contributed by atoms with E-state index in [1.807, 2.05) is 36.4 Å². The van der Waals surface area contributed by atoms with Gasteiger partial charge in [0.25, 0.3) is 0 Å². The average Bonchev–Trinajstić information content (AvgIpc) is 2.78. The van der Waals surface area contributed by atoms with Gasteiger partial charge in [0.15, 0.2) is 0 Å². The van der Waals surface area contributed by atoms with Crippen molar-refractivity contribution >= 4 is 0 Å². The van der Waals surface area contributed by atoms with Crippen LogP contribution in [0.2, 0.25) is 0 Å². The molecule has 1 N–H and O–H groups in total. The first-order chi connectivity index (χ1) is 13.9. The second-order valence-electron chi connectivity index (χ2n) is 7.27. The van der Waals surface area contributed by atoms with Crippen molar-refractivity contribution in [3.8, 4) is 11.5 Å². The van der Waals surface area contributed by atoms with E-state index in [0.29, 0.717) is 19.1 Å². The summed E-state index contributed by atoms with van der Waals surface area (Å²) >= 11 is 0. The van der Waals surface area contributed by atoms with E-state index in [-0.39, 0.29) is 0 Å². The molecule has 1 fully saturated rings. The van der Waals surface area contributed by atoms with Crippen molar-refractivity contribution in [2.24, 2.45) is 0 Å². The maximum absolute atomic E-state index is 6.27. The Bertz CT molecular complexity index is 858. The van der Waals surface area contributed by atoms with Crippen LogP contribution in [0.3, 0.4) is 0 Å². The molecule has 1 saturated heterocycles. The van der Waals surface area contributed by atoms with E-state index in [1.165, 1.54) is 11.1 Å². The zero-order chi connectivity index (χ0) is 19.0. The van der Waals surface area contributed by atoms with Crippen LogP contribution in [0.1, 0.15) is 35.4 Å². The Morgan fingerprint density at radius 2 is 1.32 bits per heavy atom. The van der Waals surface area contributed by atoms with Crippen LogP contribution in [0.25, 0.3) is 0 Å². The molecule has 1 heterocycles. The van der Waals surface area contributed by atoms with Crippen molar-refractivity contribution in [1.29, 1.82) is 0 Å². The molecule has 0 saturated carbocycles. The van der Waals surface area contributed by atoms with E-state index in [2.05, 4.69) is 47.8 Å². The Morgan fingerprint density at radius 3 is 1.96 bits per heavy atom. The maximum atomic E-state index is 6.27. The van der Waals surface area contributed by atoms with Gasteiger partial charge < -0.3 is 14.8 Å². The summed E-state index contributed by atoms with van der Waals surface area (Å²) < 4.78 is 12.3. The Morgan fingerprint density at radius 1 is 0.714 bits per heavy atom. The Balaban J connectivity index is 1.51. The van der Waals surface area contributed by atoms with Gasteiger partial charge in [-0.05, 0) is 54.6 Å². The molecule has 0 unspecified atom stereocenters. The molecule has 3 nitrogen and oxygen atoms in total. The molecule has 0 bridgehead atoms. The summed E-state index contributed by atoms with van der Waals surface area (Å²) in [4.78, 5) is 0. The number of benzene rings is 3. The average molecular weight is 373 g/mol. The minimum Gasteiger partial charge on any atom is -0.489 e. The van der Waals surface area contributed by atoms with E-state index in [0.717, 1.165) is 43.0 Å². The van der Waals surface area contributed by atoms with Crippen LogP contribution < -0.4 is 14.8 Å². The third kappa shape index (κ3) is 4.93. The van der Waals surface area contributed by atoms with Crippen LogP contribution >= 0.6 is 0 Å². The van der Waals surface area contributed by atoms with E-state index in [4.69, 9.17) is 9.47 Å². The molecule has 3 aromatic carbocycles. The third-order valence-corrected chi connectivity index (χ3v) is 5.25. The number of ether oxygens (including phenoxy) is 2. The van der Waals surface area contributed by atoms with Gasteiger partial charge in [-0.15, -0.1) is 0 Å². The number of nitrogens with one attached hydrogen (secondary N) is 1. The lowest BCUT2D eigenvalue weighted by atomic mass is 9.89. The summed E-state index contributed by atoms with van der Waals surface area (Å²) in [5.74, 6) is 2.33. The highest BCUT2D eigenvalue weighted by Gasteiger charge is 2.20. The Hall–Kier alpha value is -2.78. The van der Waals surface area contributed by atoms with E-state index in [9.17, 15) is 0 Å². The topological polar surface area (TPSA) is 30.5 Å². The summed E-state index contributed by atoms with van der Waals surface area (Å²) in [5, 5.41) is 3.45. The minimum atomic E-state index is 0.537. The van der Waals surface area contributed by atoms with Crippen LogP contribution in [-0.2, 0) is 13.2 Å². The molecule has 1 aliphatic rings. The number of rotatable bonds is 7. The van der Waals surface area contributed by atoms with Crippen LogP contribution in [0.15, 0.2) is 78.9 Å². The molecule has 0 aromatic heterocycles. The summed E-state index contributed by atoms with van der Waals surface area (Å²) in [6, 6.07) is 26.9. The van der Waals surface area contributed by atoms with Gasteiger partial charge in [-0.3, -0.25) is 0 Å². The van der Waals surface area contributed by atoms with Crippen molar-refractivity contribution in [3.05, 3.63) is 95.6 Å². The lowest BCUT2D eigenvalue weighted by Crippen LogP contribution is -2.26. The number of hydrogen-bond donors (Lipinski definition) is 1. The maximum Gasteiger partial charge on any atom is 0.126 e. The predicted octanol–water partition coefficient (Wildman–Crippen LogP) is 5.31. The van der Waals surface area contributed by atoms with Gasteiger partial charge in [0.2, 0.25) is 0 Å². The quantitative estimate of drug-likeness (QED) is 0.609. The first-order valence-electron chi connectivity index (χ1n) is 10.1. The highest BCUT2D eigenvalue weighted by molar-refractivity contribution is 5.43. The fraction of sp³-hybridized carbons (Fsp3) is 0.280. The molecular formula is C25H27NO2. The van der Waals surface area contributed by atoms with Gasteiger partial charge in [0, 0.05) is 6.07 Å². The molecule has 28 heavy (non-hydrogen) atoms. The Labute approximate surface area is 167 Å². The molecule has 0 atom stereocenters. The molecule has 0 amide bonds. The van der Waals surface area contributed by atoms with Crippen molar-refractivity contribution in [3.63, 3.8) is 0 Å². The van der Waals surface area contributed by atoms with Crippen LogP contribution in [0, 0.1) is 0 Å². The molecule has 1 aliphatic heterocycles. The predicted molar refractivity (Wildman–Crippen MR) is 113 cm³/mol. The molecule has 144 valence electrons. The fourth-order valence-electron chi connectivity index (χ4n) is 3.68. The second-order valence-corrected chi connectivity index (χ2v) is 7.27. The number of piperidine rings is 1. The van der Waals surface area contributed by atoms with E-state index < -0.39 is 0 Å². The minimum absolute atomic E-state index is 0.537. The van der Waals surface area contributed by atoms with Crippen molar-refractivity contribution in [1.82, 2.24) is 5.32 Å². The SMILES string of the molecule is c1ccc(COc2ccc(C3CCNCC3)c(OCc3ccccc3)c2)cc1. The third-order valence-electron chi connectivity index (χ3n) is 5.25. The summed E-state index contributed by atoms with van der Waals surface area (Å²) in [6.07, 6.45) is 2.29. The fourth-order valence-corrected chi connectivity index (χ4v) is 3.68. The highest BCUT2D eigenvalue weighted by atomic mass is 16.5. The zero-order valence-electron chi connectivity index (χ0n) is 16.1. The van der Waals surface area contributed by atoms with Gasteiger partial charge in [0.1, 0.15) is 24.7 Å². The van der Waals surface area contributed by atoms with E-state index >= 15 is 0 Å². The van der Waals surface area contributed by atoms with Gasteiger partial charge in [-0.2, -0.15) is 0 Å². The highest BCUT2D eigenvalue weighted by Crippen LogP contribution is 2.36. The van der Waals surface area contributed by atoms with Crippen molar-refractivity contribution in [2.75, 3.05) is 13.1 Å². The summed E-state index contributed by atoms with van der Waals surface area (Å²) in [6.45, 7) is 3.26.